The molecule has 4 nitrogen and oxygen atoms in total. The topological polar surface area (TPSA) is 38.8 Å². The Bertz CT molecular complexity index is 231. The van der Waals surface area contributed by atoms with Crippen LogP contribution in [0.25, 0.3) is 0 Å². The molecule has 2 heterocycles. The Kier molecular flexibility index (Phi) is 3.83. The zero-order valence-corrected chi connectivity index (χ0v) is 9.41. The molecule has 0 N–H and O–H groups in total. The van der Waals surface area contributed by atoms with Crippen LogP contribution >= 0.6 is 11.6 Å². The van der Waals surface area contributed by atoms with Gasteiger partial charge in [-0.15, -0.1) is 11.6 Å². The van der Waals surface area contributed by atoms with Gasteiger partial charge in [0, 0.05) is 19.7 Å². The molecular formula is C10H16ClNO3. The third-order valence-electron chi connectivity index (χ3n) is 2.90. The van der Waals surface area contributed by atoms with Crippen molar-refractivity contribution in [3.63, 3.8) is 0 Å². The maximum Gasteiger partial charge on any atom is 0.228 e. The Morgan fingerprint density at radius 1 is 1.47 bits per heavy atom. The first-order valence-electron chi connectivity index (χ1n) is 5.35. The van der Waals surface area contributed by atoms with Gasteiger partial charge in [0.2, 0.25) is 5.91 Å². The van der Waals surface area contributed by atoms with E-state index in [0.29, 0.717) is 38.8 Å². The fourth-order valence-corrected chi connectivity index (χ4v) is 2.19. The molecule has 0 bridgehead atoms. The lowest BCUT2D eigenvalue weighted by atomic mass is 10.1. The third-order valence-corrected chi connectivity index (χ3v) is 3.25. The highest BCUT2D eigenvalue weighted by Gasteiger charge is 2.31. The van der Waals surface area contributed by atoms with Gasteiger partial charge in [-0.25, -0.2) is 0 Å². The summed E-state index contributed by atoms with van der Waals surface area (Å²) in [6.07, 6.45) is 0.841. The number of carbonyl (C=O) groups is 1. The molecule has 86 valence electrons. The Balaban J connectivity index is 1.88. The van der Waals surface area contributed by atoms with Crippen LogP contribution in [0.15, 0.2) is 0 Å². The smallest absolute Gasteiger partial charge is 0.228 e. The number of halogens is 1. The van der Waals surface area contributed by atoms with Crippen LogP contribution in [0, 0.1) is 5.92 Å². The summed E-state index contributed by atoms with van der Waals surface area (Å²) in [4.78, 5) is 13.9. The average Bonchev–Trinajstić information content (AvgIpc) is 2.81. The molecule has 0 aromatic heterocycles. The van der Waals surface area contributed by atoms with Crippen molar-refractivity contribution in [3.05, 3.63) is 0 Å². The predicted octanol–water partition coefficient (Wildman–Crippen LogP) is 0.489. The van der Waals surface area contributed by atoms with Gasteiger partial charge in [-0.1, -0.05) is 0 Å². The average molecular weight is 234 g/mol. The van der Waals surface area contributed by atoms with Crippen molar-refractivity contribution in [2.45, 2.75) is 12.5 Å². The second-order valence-electron chi connectivity index (χ2n) is 3.99. The van der Waals surface area contributed by atoms with E-state index in [1.165, 1.54) is 0 Å². The molecule has 2 saturated heterocycles. The molecule has 2 atom stereocenters. The minimum Gasteiger partial charge on any atom is -0.381 e. The number of rotatable bonds is 2. The molecule has 0 aromatic rings. The summed E-state index contributed by atoms with van der Waals surface area (Å²) >= 11 is 5.72. The molecule has 15 heavy (non-hydrogen) atoms. The lowest BCUT2D eigenvalue weighted by Crippen LogP contribution is -2.48. The fraction of sp³-hybridized carbons (Fsp3) is 0.900. The first-order valence-corrected chi connectivity index (χ1v) is 5.89. The highest BCUT2D eigenvalue weighted by Crippen LogP contribution is 2.17. The number of amides is 1. The SMILES string of the molecule is O=C(C1CCOC1)N1CCOC(CCl)C1. The number of hydrogen-bond acceptors (Lipinski definition) is 3. The largest absolute Gasteiger partial charge is 0.381 e. The van der Waals surface area contributed by atoms with Crippen LogP contribution in [0.4, 0.5) is 0 Å². The number of hydrogen-bond donors (Lipinski definition) is 0. The van der Waals surface area contributed by atoms with Crippen molar-refractivity contribution in [1.29, 1.82) is 0 Å². The Labute approximate surface area is 94.5 Å². The summed E-state index contributed by atoms with van der Waals surface area (Å²) in [7, 11) is 0. The number of ether oxygens (including phenoxy) is 2. The monoisotopic (exact) mass is 233 g/mol. The molecule has 2 unspecified atom stereocenters. The zero-order chi connectivity index (χ0) is 10.7. The van der Waals surface area contributed by atoms with E-state index in [-0.39, 0.29) is 17.9 Å². The number of morpholine rings is 1. The van der Waals surface area contributed by atoms with Crippen LogP contribution < -0.4 is 0 Å². The van der Waals surface area contributed by atoms with Crippen LogP contribution in [-0.4, -0.2) is 55.7 Å². The minimum atomic E-state index is -0.00770. The second kappa shape index (κ2) is 5.14. The first kappa shape index (κ1) is 11.2. The molecule has 1 amide bonds. The predicted molar refractivity (Wildman–Crippen MR) is 56.0 cm³/mol. The van der Waals surface area contributed by atoms with Gasteiger partial charge in [0.15, 0.2) is 0 Å². The van der Waals surface area contributed by atoms with Gasteiger partial charge in [0.05, 0.1) is 31.1 Å². The van der Waals surface area contributed by atoms with Gasteiger partial charge in [-0.05, 0) is 6.42 Å². The van der Waals surface area contributed by atoms with Gasteiger partial charge < -0.3 is 14.4 Å². The van der Waals surface area contributed by atoms with E-state index in [1.54, 1.807) is 0 Å². The second-order valence-corrected chi connectivity index (χ2v) is 4.30. The molecule has 0 saturated carbocycles. The number of carbonyl (C=O) groups excluding carboxylic acids is 1. The molecule has 0 radical (unpaired) electrons. The van der Waals surface area contributed by atoms with E-state index in [0.717, 1.165) is 6.42 Å². The van der Waals surface area contributed by atoms with E-state index in [1.807, 2.05) is 4.90 Å². The Morgan fingerprint density at radius 2 is 2.33 bits per heavy atom. The van der Waals surface area contributed by atoms with Gasteiger partial charge in [0.1, 0.15) is 0 Å². The van der Waals surface area contributed by atoms with Gasteiger partial charge >= 0.3 is 0 Å². The molecule has 0 aliphatic carbocycles. The summed E-state index contributed by atoms with van der Waals surface area (Å²) in [5, 5.41) is 0. The number of nitrogens with zero attached hydrogens (tertiary/aromatic N) is 1. The normalized spacial score (nSPS) is 31.9. The standard InChI is InChI=1S/C10H16ClNO3/c11-5-9-6-12(2-4-15-9)10(13)8-1-3-14-7-8/h8-9H,1-7H2. The Morgan fingerprint density at radius 3 is 3.00 bits per heavy atom. The lowest BCUT2D eigenvalue weighted by molar-refractivity contribution is -0.142. The highest BCUT2D eigenvalue weighted by molar-refractivity contribution is 6.18. The maximum absolute atomic E-state index is 12.0. The molecule has 2 rings (SSSR count). The van der Waals surface area contributed by atoms with Crippen molar-refractivity contribution < 1.29 is 14.3 Å². The summed E-state index contributed by atoms with van der Waals surface area (Å²) in [6, 6.07) is 0. The number of alkyl halides is 1. The van der Waals surface area contributed by atoms with E-state index in [9.17, 15) is 4.79 Å². The summed E-state index contributed by atoms with van der Waals surface area (Å²) in [5.74, 6) is 0.704. The molecule has 2 fully saturated rings. The molecule has 5 heteroatoms. The quantitative estimate of drug-likeness (QED) is 0.652. The molecule has 0 spiro atoms. The van der Waals surface area contributed by atoms with Crippen LogP contribution in [0.3, 0.4) is 0 Å². The third kappa shape index (κ3) is 2.62. The van der Waals surface area contributed by atoms with E-state index < -0.39 is 0 Å². The van der Waals surface area contributed by atoms with Gasteiger partial charge in [-0.2, -0.15) is 0 Å². The van der Waals surface area contributed by atoms with Crippen LogP contribution in [-0.2, 0) is 14.3 Å². The summed E-state index contributed by atoms with van der Waals surface area (Å²) in [5.41, 5.74) is 0. The van der Waals surface area contributed by atoms with Crippen LogP contribution in [0.5, 0.6) is 0 Å². The van der Waals surface area contributed by atoms with E-state index in [2.05, 4.69) is 0 Å². The van der Waals surface area contributed by atoms with Crippen LogP contribution in [0.1, 0.15) is 6.42 Å². The van der Waals surface area contributed by atoms with Crippen molar-refractivity contribution in [2.75, 3.05) is 38.8 Å². The fourth-order valence-electron chi connectivity index (χ4n) is 2.00. The highest BCUT2D eigenvalue weighted by atomic mass is 35.5. The summed E-state index contributed by atoms with van der Waals surface area (Å²) in [6.45, 7) is 3.18. The van der Waals surface area contributed by atoms with Gasteiger partial charge in [0.25, 0.3) is 0 Å². The zero-order valence-electron chi connectivity index (χ0n) is 8.65. The molecule has 2 aliphatic rings. The Hall–Kier alpha value is -0.320. The molecule has 0 aromatic carbocycles. The van der Waals surface area contributed by atoms with E-state index >= 15 is 0 Å². The van der Waals surface area contributed by atoms with Gasteiger partial charge in [-0.3, -0.25) is 4.79 Å². The summed E-state index contributed by atoms with van der Waals surface area (Å²) < 4.78 is 10.6. The maximum atomic E-state index is 12.0. The minimum absolute atomic E-state index is 0.00770. The first-order chi connectivity index (χ1) is 7.31. The lowest BCUT2D eigenvalue weighted by Gasteiger charge is -2.33. The van der Waals surface area contributed by atoms with Crippen molar-refractivity contribution >= 4 is 17.5 Å². The van der Waals surface area contributed by atoms with E-state index in [4.69, 9.17) is 21.1 Å². The van der Waals surface area contributed by atoms with Crippen LogP contribution in [0.2, 0.25) is 0 Å². The van der Waals surface area contributed by atoms with Crippen molar-refractivity contribution in [2.24, 2.45) is 5.92 Å². The van der Waals surface area contributed by atoms with Crippen molar-refractivity contribution in [1.82, 2.24) is 4.90 Å². The molecule has 2 aliphatic heterocycles. The molecular weight excluding hydrogens is 218 g/mol. The van der Waals surface area contributed by atoms with Crippen molar-refractivity contribution in [3.8, 4) is 0 Å².